The van der Waals surface area contributed by atoms with E-state index in [4.69, 9.17) is 4.74 Å². The first-order valence-corrected chi connectivity index (χ1v) is 9.12. The highest BCUT2D eigenvalue weighted by Gasteiger charge is 2.37. The molecule has 1 atom stereocenters. The topological polar surface area (TPSA) is 79.7 Å². The van der Waals surface area contributed by atoms with E-state index in [1.54, 1.807) is 12.1 Å². The van der Waals surface area contributed by atoms with Crippen LogP contribution in [0.4, 0.5) is 17.1 Å². The molecule has 0 radical (unpaired) electrons. The quantitative estimate of drug-likeness (QED) is 0.545. The van der Waals surface area contributed by atoms with Crippen LogP contribution in [0, 0.1) is 10.1 Å². The minimum atomic E-state index is -0.394. The van der Waals surface area contributed by atoms with Crippen LogP contribution in [0.15, 0.2) is 42.5 Å². The van der Waals surface area contributed by atoms with E-state index < -0.39 is 5.66 Å². The molecule has 144 valence electrons. The van der Waals surface area contributed by atoms with E-state index in [0.717, 1.165) is 36.5 Å². The van der Waals surface area contributed by atoms with Gasteiger partial charge in [0.1, 0.15) is 11.4 Å². The van der Waals surface area contributed by atoms with E-state index >= 15 is 0 Å². The zero-order valence-corrected chi connectivity index (χ0v) is 16.0. The Morgan fingerprint density at radius 3 is 2.44 bits per heavy atom. The molecule has 2 aromatic carbocycles. The molecule has 2 N–H and O–H groups in total. The third-order valence-electron chi connectivity index (χ3n) is 4.69. The molecule has 1 unspecified atom stereocenters. The molecule has 0 aromatic heterocycles. The largest absolute Gasteiger partial charge is 0.494 e. The molecule has 0 fully saturated rings. The molecule has 0 amide bonds. The maximum absolute atomic E-state index is 11.1. The molecule has 0 saturated heterocycles. The number of rotatable bonds is 8. The van der Waals surface area contributed by atoms with Crippen LogP contribution in [0.1, 0.15) is 18.9 Å². The lowest BCUT2D eigenvalue weighted by molar-refractivity contribution is -0.384. The fourth-order valence-corrected chi connectivity index (χ4v) is 3.34. The second kappa shape index (κ2) is 7.84. The van der Waals surface area contributed by atoms with Crippen molar-refractivity contribution in [2.24, 2.45) is 0 Å². The number of nitrogens with zero attached hydrogens (tertiary/aromatic N) is 2. The summed E-state index contributed by atoms with van der Waals surface area (Å²) in [7, 11) is 4.08. The number of anilines is 2. The molecule has 0 spiro atoms. The summed E-state index contributed by atoms with van der Waals surface area (Å²) in [5, 5.41) is 18.2. The predicted octanol–water partition coefficient (Wildman–Crippen LogP) is 3.72. The Hall–Kier alpha value is -2.80. The van der Waals surface area contributed by atoms with E-state index in [1.165, 1.54) is 11.6 Å². The minimum Gasteiger partial charge on any atom is -0.494 e. The first kappa shape index (κ1) is 19.0. The highest BCUT2D eigenvalue weighted by molar-refractivity contribution is 5.78. The van der Waals surface area contributed by atoms with Crippen molar-refractivity contribution >= 4 is 17.1 Å². The van der Waals surface area contributed by atoms with Crippen LogP contribution >= 0.6 is 0 Å². The Morgan fingerprint density at radius 2 is 1.81 bits per heavy atom. The van der Waals surface area contributed by atoms with Gasteiger partial charge >= 0.3 is 0 Å². The number of nitrogens with one attached hydrogen (secondary N) is 2. The zero-order valence-electron chi connectivity index (χ0n) is 16.0. The fourth-order valence-electron chi connectivity index (χ4n) is 3.34. The minimum absolute atomic E-state index is 0.0903. The molecule has 1 aliphatic rings. The third kappa shape index (κ3) is 4.49. The smallest absolute Gasteiger partial charge is 0.271 e. The molecule has 0 bridgehead atoms. The van der Waals surface area contributed by atoms with Crippen LogP contribution in [-0.4, -0.2) is 42.7 Å². The summed E-state index contributed by atoms with van der Waals surface area (Å²) in [6, 6.07) is 13.0. The van der Waals surface area contributed by atoms with Crippen molar-refractivity contribution in [3.63, 3.8) is 0 Å². The van der Waals surface area contributed by atoms with E-state index in [-0.39, 0.29) is 10.6 Å². The molecule has 1 aliphatic heterocycles. The lowest BCUT2D eigenvalue weighted by Gasteiger charge is -2.32. The molecule has 0 aliphatic carbocycles. The molecule has 7 heteroatoms. The van der Waals surface area contributed by atoms with Gasteiger partial charge in [0.05, 0.1) is 22.9 Å². The molecular formula is C20H26N4O3. The third-order valence-corrected chi connectivity index (χ3v) is 4.69. The van der Waals surface area contributed by atoms with Crippen molar-refractivity contribution in [2.75, 3.05) is 37.9 Å². The number of nitro groups is 1. The lowest BCUT2D eigenvalue weighted by Crippen LogP contribution is -2.46. The van der Waals surface area contributed by atoms with Crippen molar-refractivity contribution in [1.82, 2.24) is 4.90 Å². The first-order chi connectivity index (χ1) is 12.9. The number of nitro benzene ring substituents is 1. The van der Waals surface area contributed by atoms with Gasteiger partial charge in [0, 0.05) is 31.5 Å². The van der Waals surface area contributed by atoms with E-state index in [1.807, 2.05) is 33.2 Å². The van der Waals surface area contributed by atoms with Crippen LogP contribution in [0.25, 0.3) is 0 Å². The van der Waals surface area contributed by atoms with Crippen LogP contribution in [-0.2, 0) is 6.42 Å². The van der Waals surface area contributed by atoms with E-state index in [9.17, 15) is 10.1 Å². The van der Waals surface area contributed by atoms with Gasteiger partial charge in [-0.05, 0) is 44.8 Å². The van der Waals surface area contributed by atoms with Crippen molar-refractivity contribution in [3.8, 4) is 5.75 Å². The Labute approximate surface area is 159 Å². The van der Waals surface area contributed by atoms with Gasteiger partial charge in [-0.3, -0.25) is 10.1 Å². The molecule has 27 heavy (non-hydrogen) atoms. The standard InChI is InChI=1S/C20H26N4O3/c1-4-27-17-8-5-15(6-9-17)14-20(11-12-23(2)3)21-18-10-7-16(24(25)26)13-19(18)22-20/h5-10,13,21-22H,4,11-12,14H2,1-3H3. The van der Waals surface area contributed by atoms with Gasteiger partial charge in [0.15, 0.2) is 0 Å². The van der Waals surface area contributed by atoms with Crippen LogP contribution in [0.2, 0.25) is 0 Å². The summed E-state index contributed by atoms with van der Waals surface area (Å²) >= 11 is 0. The number of fused-ring (bicyclic) bond motifs is 1. The number of ether oxygens (including phenoxy) is 1. The Bertz CT molecular complexity index is 807. The van der Waals surface area contributed by atoms with E-state index in [0.29, 0.717) is 6.61 Å². The molecule has 1 heterocycles. The lowest BCUT2D eigenvalue weighted by atomic mass is 9.96. The number of non-ortho nitro benzene ring substituents is 1. The number of benzene rings is 2. The van der Waals surface area contributed by atoms with Gasteiger partial charge in [-0.15, -0.1) is 0 Å². The van der Waals surface area contributed by atoms with Gasteiger partial charge in [-0.2, -0.15) is 0 Å². The highest BCUT2D eigenvalue weighted by atomic mass is 16.6. The van der Waals surface area contributed by atoms with Crippen LogP contribution in [0.5, 0.6) is 5.75 Å². The molecular weight excluding hydrogens is 344 g/mol. The van der Waals surface area contributed by atoms with Gasteiger partial charge < -0.3 is 20.3 Å². The summed E-state index contributed by atoms with van der Waals surface area (Å²) in [5.41, 5.74) is 2.53. The van der Waals surface area contributed by atoms with Gasteiger partial charge in [0.25, 0.3) is 5.69 Å². The second-order valence-electron chi connectivity index (χ2n) is 7.13. The van der Waals surface area contributed by atoms with Gasteiger partial charge in [-0.25, -0.2) is 0 Å². The summed E-state index contributed by atoms with van der Waals surface area (Å²) in [5.74, 6) is 0.856. The molecule has 7 nitrogen and oxygen atoms in total. The molecule has 0 saturated carbocycles. The Kier molecular flexibility index (Phi) is 5.51. The molecule has 2 aromatic rings. The summed E-state index contributed by atoms with van der Waals surface area (Å²) < 4.78 is 5.52. The van der Waals surface area contributed by atoms with Gasteiger partial charge in [-0.1, -0.05) is 12.1 Å². The van der Waals surface area contributed by atoms with Crippen molar-refractivity contribution in [3.05, 3.63) is 58.1 Å². The average molecular weight is 370 g/mol. The Morgan fingerprint density at radius 1 is 1.11 bits per heavy atom. The number of hydrogen-bond acceptors (Lipinski definition) is 6. The normalized spacial score (nSPS) is 17.9. The fraction of sp³-hybridized carbons (Fsp3) is 0.400. The highest BCUT2D eigenvalue weighted by Crippen LogP contribution is 2.39. The first-order valence-electron chi connectivity index (χ1n) is 9.12. The van der Waals surface area contributed by atoms with E-state index in [2.05, 4.69) is 27.7 Å². The van der Waals surface area contributed by atoms with Crippen LogP contribution < -0.4 is 15.4 Å². The summed E-state index contributed by atoms with van der Waals surface area (Å²) in [6.45, 7) is 3.49. The summed E-state index contributed by atoms with van der Waals surface area (Å²) in [4.78, 5) is 12.9. The van der Waals surface area contributed by atoms with Crippen molar-refractivity contribution < 1.29 is 9.66 Å². The number of hydrogen-bond donors (Lipinski definition) is 2. The summed E-state index contributed by atoms with van der Waals surface area (Å²) in [6.07, 6.45) is 1.59. The second-order valence-corrected chi connectivity index (χ2v) is 7.13. The maximum Gasteiger partial charge on any atom is 0.271 e. The maximum atomic E-state index is 11.1. The Balaban J connectivity index is 1.83. The zero-order chi connectivity index (χ0) is 19.4. The van der Waals surface area contributed by atoms with Crippen molar-refractivity contribution in [2.45, 2.75) is 25.4 Å². The SMILES string of the molecule is CCOc1ccc(CC2(CCN(C)C)Nc3ccc([N+](=O)[O-])cc3N2)cc1. The molecule has 3 rings (SSSR count). The average Bonchev–Trinajstić information content (AvgIpc) is 2.99. The van der Waals surface area contributed by atoms with Crippen molar-refractivity contribution in [1.29, 1.82) is 0 Å². The predicted molar refractivity (Wildman–Crippen MR) is 108 cm³/mol. The van der Waals surface area contributed by atoms with Crippen LogP contribution in [0.3, 0.4) is 0 Å². The monoisotopic (exact) mass is 370 g/mol. The van der Waals surface area contributed by atoms with Gasteiger partial charge in [0.2, 0.25) is 0 Å².